The highest BCUT2D eigenvalue weighted by molar-refractivity contribution is 5.70. The molecule has 0 unspecified atom stereocenters. The maximum absolute atomic E-state index is 9.76. The Balaban J connectivity index is 2.40. The number of phenolic OH excluding ortho intramolecular Hbond substituents is 1. The number of hydrogen-bond acceptors (Lipinski definition) is 2. The van der Waals surface area contributed by atoms with E-state index in [9.17, 15) is 5.11 Å². The number of aromatic hydroxyl groups is 1. The summed E-state index contributed by atoms with van der Waals surface area (Å²) in [6, 6.07) is 15.5. The van der Waals surface area contributed by atoms with E-state index in [1.165, 1.54) is 5.56 Å². The van der Waals surface area contributed by atoms with Crippen molar-refractivity contribution >= 4 is 0 Å². The summed E-state index contributed by atoms with van der Waals surface area (Å²) >= 11 is 0. The van der Waals surface area contributed by atoms with Crippen LogP contribution in [0.1, 0.15) is 5.56 Å². The molecule has 0 aliphatic carbocycles. The minimum Gasteiger partial charge on any atom is -0.507 e. The third-order valence-corrected chi connectivity index (χ3v) is 2.58. The van der Waals surface area contributed by atoms with E-state index >= 15 is 0 Å². The zero-order chi connectivity index (χ0) is 11.4. The lowest BCUT2D eigenvalue weighted by Crippen LogP contribution is -2.02. The van der Waals surface area contributed by atoms with Crippen LogP contribution in [-0.4, -0.2) is 11.7 Å². The SMILES string of the molecule is NCCc1cccc(-c2ccccc2O)c1. The van der Waals surface area contributed by atoms with E-state index in [1.54, 1.807) is 6.07 Å². The highest BCUT2D eigenvalue weighted by atomic mass is 16.3. The molecule has 2 aromatic rings. The number of para-hydroxylation sites is 1. The molecule has 16 heavy (non-hydrogen) atoms. The van der Waals surface area contributed by atoms with Gasteiger partial charge < -0.3 is 10.8 Å². The Labute approximate surface area is 95.4 Å². The number of hydrogen-bond donors (Lipinski definition) is 2. The van der Waals surface area contributed by atoms with Crippen LogP contribution in [0.5, 0.6) is 5.75 Å². The Morgan fingerprint density at radius 2 is 1.81 bits per heavy atom. The van der Waals surface area contributed by atoms with E-state index < -0.39 is 0 Å². The van der Waals surface area contributed by atoms with Gasteiger partial charge in [0.15, 0.2) is 0 Å². The van der Waals surface area contributed by atoms with E-state index in [2.05, 4.69) is 12.1 Å². The Bertz CT molecular complexity index is 480. The molecule has 2 heteroatoms. The van der Waals surface area contributed by atoms with Gasteiger partial charge in [0.2, 0.25) is 0 Å². The lowest BCUT2D eigenvalue weighted by atomic mass is 10.0. The smallest absolute Gasteiger partial charge is 0.123 e. The molecule has 0 saturated heterocycles. The van der Waals surface area contributed by atoms with Gasteiger partial charge in [-0.15, -0.1) is 0 Å². The molecule has 0 saturated carbocycles. The predicted octanol–water partition coefficient (Wildman–Crippen LogP) is 2.56. The summed E-state index contributed by atoms with van der Waals surface area (Å²) in [6.45, 7) is 0.643. The summed E-state index contributed by atoms with van der Waals surface area (Å²) in [6.07, 6.45) is 0.863. The predicted molar refractivity (Wildman–Crippen MR) is 66.3 cm³/mol. The van der Waals surface area contributed by atoms with Crippen LogP contribution in [0.3, 0.4) is 0 Å². The normalized spacial score (nSPS) is 10.3. The van der Waals surface area contributed by atoms with Gasteiger partial charge in [-0.05, 0) is 30.2 Å². The Morgan fingerprint density at radius 3 is 2.56 bits per heavy atom. The molecule has 0 fully saturated rings. The average Bonchev–Trinajstić information content (AvgIpc) is 2.30. The van der Waals surface area contributed by atoms with Crippen LogP contribution >= 0.6 is 0 Å². The first kappa shape index (κ1) is 10.7. The third kappa shape index (κ3) is 2.23. The maximum atomic E-state index is 9.76. The summed E-state index contributed by atoms with van der Waals surface area (Å²) in [5.74, 6) is 0.312. The first-order valence-corrected chi connectivity index (χ1v) is 5.38. The third-order valence-electron chi connectivity index (χ3n) is 2.58. The van der Waals surface area contributed by atoms with Gasteiger partial charge >= 0.3 is 0 Å². The molecule has 3 N–H and O–H groups in total. The zero-order valence-corrected chi connectivity index (χ0v) is 9.06. The molecule has 2 aromatic carbocycles. The van der Waals surface area contributed by atoms with Gasteiger partial charge in [0.05, 0.1) is 0 Å². The van der Waals surface area contributed by atoms with E-state index in [1.807, 2.05) is 30.3 Å². The van der Waals surface area contributed by atoms with Crippen LogP contribution in [0, 0.1) is 0 Å². The molecule has 0 heterocycles. The van der Waals surface area contributed by atoms with Crippen LogP contribution in [-0.2, 0) is 6.42 Å². The highest BCUT2D eigenvalue weighted by Crippen LogP contribution is 2.28. The van der Waals surface area contributed by atoms with E-state index in [0.29, 0.717) is 12.3 Å². The molecule has 0 radical (unpaired) electrons. The fourth-order valence-electron chi connectivity index (χ4n) is 1.78. The van der Waals surface area contributed by atoms with Crippen LogP contribution in [0.25, 0.3) is 11.1 Å². The Morgan fingerprint density at radius 1 is 1.00 bits per heavy atom. The van der Waals surface area contributed by atoms with Crippen molar-refractivity contribution in [1.82, 2.24) is 0 Å². The average molecular weight is 213 g/mol. The number of rotatable bonds is 3. The van der Waals surface area contributed by atoms with Crippen LogP contribution in [0.2, 0.25) is 0 Å². The number of benzene rings is 2. The summed E-state index contributed by atoms with van der Waals surface area (Å²) in [7, 11) is 0. The van der Waals surface area contributed by atoms with Crippen molar-refractivity contribution in [3.05, 3.63) is 54.1 Å². The molecule has 82 valence electrons. The zero-order valence-electron chi connectivity index (χ0n) is 9.06. The van der Waals surface area contributed by atoms with Crippen molar-refractivity contribution in [2.75, 3.05) is 6.54 Å². The maximum Gasteiger partial charge on any atom is 0.123 e. The van der Waals surface area contributed by atoms with Gasteiger partial charge in [0.25, 0.3) is 0 Å². The summed E-state index contributed by atoms with van der Waals surface area (Å²) in [4.78, 5) is 0. The number of phenols is 1. The second-order valence-corrected chi connectivity index (χ2v) is 3.76. The van der Waals surface area contributed by atoms with Gasteiger partial charge in [-0.2, -0.15) is 0 Å². The minimum atomic E-state index is 0.312. The topological polar surface area (TPSA) is 46.2 Å². The molecule has 2 rings (SSSR count). The van der Waals surface area contributed by atoms with Crippen molar-refractivity contribution < 1.29 is 5.11 Å². The van der Waals surface area contributed by atoms with Crippen molar-refractivity contribution in [3.8, 4) is 16.9 Å². The molecule has 0 atom stereocenters. The molecule has 0 spiro atoms. The van der Waals surface area contributed by atoms with E-state index in [4.69, 9.17) is 5.73 Å². The molecular formula is C14H15NO. The largest absolute Gasteiger partial charge is 0.507 e. The lowest BCUT2D eigenvalue weighted by Gasteiger charge is -2.06. The standard InChI is InChI=1S/C14H15NO/c15-9-8-11-4-3-5-12(10-11)13-6-1-2-7-14(13)16/h1-7,10,16H,8-9,15H2. The summed E-state index contributed by atoms with van der Waals surface area (Å²) in [5.41, 5.74) is 8.62. The van der Waals surface area contributed by atoms with Gasteiger partial charge in [-0.1, -0.05) is 42.5 Å². The number of nitrogens with two attached hydrogens (primary N) is 1. The molecule has 0 aliphatic rings. The highest BCUT2D eigenvalue weighted by Gasteiger charge is 2.03. The summed E-state index contributed by atoms with van der Waals surface area (Å²) in [5, 5.41) is 9.76. The monoisotopic (exact) mass is 213 g/mol. The van der Waals surface area contributed by atoms with Crippen molar-refractivity contribution in [2.24, 2.45) is 5.73 Å². The first-order valence-electron chi connectivity index (χ1n) is 5.38. The summed E-state index contributed by atoms with van der Waals surface area (Å²) < 4.78 is 0. The Hall–Kier alpha value is -1.80. The molecule has 0 aliphatic heterocycles. The fraction of sp³-hybridized carbons (Fsp3) is 0.143. The van der Waals surface area contributed by atoms with Crippen molar-refractivity contribution in [2.45, 2.75) is 6.42 Å². The van der Waals surface area contributed by atoms with Gasteiger partial charge in [0, 0.05) is 5.56 Å². The lowest BCUT2D eigenvalue weighted by molar-refractivity contribution is 0.477. The second-order valence-electron chi connectivity index (χ2n) is 3.76. The fourth-order valence-corrected chi connectivity index (χ4v) is 1.78. The van der Waals surface area contributed by atoms with Gasteiger partial charge in [0.1, 0.15) is 5.75 Å². The molecular weight excluding hydrogens is 198 g/mol. The van der Waals surface area contributed by atoms with Crippen LogP contribution < -0.4 is 5.73 Å². The quantitative estimate of drug-likeness (QED) is 0.823. The van der Waals surface area contributed by atoms with Gasteiger partial charge in [-0.3, -0.25) is 0 Å². The molecule has 0 aromatic heterocycles. The molecule has 0 amide bonds. The van der Waals surface area contributed by atoms with Crippen LogP contribution in [0.4, 0.5) is 0 Å². The van der Waals surface area contributed by atoms with E-state index in [-0.39, 0.29) is 0 Å². The molecule has 2 nitrogen and oxygen atoms in total. The Kier molecular flexibility index (Phi) is 3.22. The van der Waals surface area contributed by atoms with E-state index in [0.717, 1.165) is 17.5 Å². The van der Waals surface area contributed by atoms with Gasteiger partial charge in [-0.25, -0.2) is 0 Å². The van der Waals surface area contributed by atoms with Crippen molar-refractivity contribution in [1.29, 1.82) is 0 Å². The molecule has 0 bridgehead atoms. The minimum absolute atomic E-state index is 0.312. The van der Waals surface area contributed by atoms with Crippen molar-refractivity contribution in [3.63, 3.8) is 0 Å². The second kappa shape index (κ2) is 4.81. The van der Waals surface area contributed by atoms with Crippen LogP contribution in [0.15, 0.2) is 48.5 Å². The first-order chi connectivity index (χ1) is 7.81.